The van der Waals surface area contributed by atoms with E-state index in [4.69, 9.17) is 21.1 Å². The molecule has 0 atom stereocenters. The quantitative estimate of drug-likeness (QED) is 0.939. The Morgan fingerprint density at radius 1 is 1.35 bits per heavy atom. The van der Waals surface area contributed by atoms with Crippen molar-refractivity contribution in [3.63, 3.8) is 0 Å². The van der Waals surface area contributed by atoms with Crippen molar-refractivity contribution in [3.05, 3.63) is 28.2 Å². The smallest absolute Gasteiger partial charge is 0.231 e. The maximum absolute atomic E-state index is 6.20. The highest BCUT2D eigenvalue weighted by Crippen LogP contribution is 2.42. The molecule has 1 N–H and O–H groups in total. The Hall–Kier alpha value is -1.30. The van der Waals surface area contributed by atoms with Gasteiger partial charge in [0, 0.05) is 23.5 Å². The lowest BCUT2D eigenvalue weighted by atomic mass is 10.2. The summed E-state index contributed by atoms with van der Waals surface area (Å²) >= 11 is 7.82. The summed E-state index contributed by atoms with van der Waals surface area (Å²) in [6, 6.07) is 4.51. The second-order valence-corrected chi connectivity index (χ2v) is 6.26. The van der Waals surface area contributed by atoms with E-state index in [1.807, 2.05) is 12.1 Å². The maximum atomic E-state index is 6.20. The molecule has 0 saturated heterocycles. The van der Waals surface area contributed by atoms with E-state index in [0.29, 0.717) is 22.6 Å². The van der Waals surface area contributed by atoms with Gasteiger partial charge in [0.05, 0.1) is 10.7 Å². The van der Waals surface area contributed by atoms with E-state index in [1.54, 1.807) is 11.3 Å². The van der Waals surface area contributed by atoms with E-state index in [1.165, 1.54) is 12.8 Å². The number of nitrogens with one attached hydrogen (secondary N) is 1. The van der Waals surface area contributed by atoms with Crippen molar-refractivity contribution in [1.82, 2.24) is 10.3 Å². The summed E-state index contributed by atoms with van der Waals surface area (Å²) in [4.78, 5) is 4.65. The highest BCUT2D eigenvalue weighted by Gasteiger charge is 2.21. The predicted molar refractivity (Wildman–Crippen MR) is 78.5 cm³/mol. The Labute approximate surface area is 125 Å². The minimum atomic E-state index is 0.229. The molecular formula is C14H13ClN2O2S. The lowest BCUT2D eigenvalue weighted by Crippen LogP contribution is -2.15. The monoisotopic (exact) mass is 308 g/mol. The molecule has 0 bridgehead atoms. The molecule has 4 nitrogen and oxygen atoms in total. The van der Waals surface area contributed by atoms with E-state index < -0.39 is 0 Å². The largest absolute Gasteiger partial charge is 0.454 e. The topological polar surface area (TPSA) is 43.4 Å². The number of hydrogen-bond donors (Lipinski definition) is 1. The van der Waals surface area contributed by atoms with E-state index in [-0.39, 0.29) is 6.79 Å². The lowest BCUT2D eigenvalue weighted by molar-refractivity contribution is 0.174. The summed E-state index contributed by atoms with van der Waals surface area (Å²) in [6.45, 7) is 1.06. The molecule has 0 spiro atoms. The zero-order chi connectivity index (χ0) is 13.5. The first-order valence-electron chi connectivity index (χ1n) is 6.57. The summed E-state index contributed by atoms with van der Waals surface area (Å²) < 4.78 is 10.7. The molecule has 2 aliphatic rings. The van der Waals surface area contributed by atoms with Crippen LogP contribution in [0.2, 0.25) is 5.02 Å². The van der Waals surface area contributed by atoms with Crippen molar-refractivity contribution in [1.29, 1.82) is 0 Å². The standard InChI is InChI=1S/C14H13ClN2O2S/c15-11-3-8(4-12-13(11)19-7-18-12)14-17-10(6-20-14)5-16-9-1-2-9/h3-4,6,9,16H,1-2,5,7H2. The molecule has 4 rings (SSSR count). The number of fused-ring (bicyclic) bond motifs is 1. The molecular weight excluding hydrogens is 296 g/mol. The zero-order valence-corrected chi connectivity index (χ0v) is 12.3. The molecule has 1 aromatic carbocycles. The number of thiazole rings is 1. The van der Waals surface area contributed by atoms with Crippen molar-refractivity contribution in [2.45, 2.75) is 25.4 Å². The molecule has 0 unspecified atom stereocenters. The maximum Gasteiger partial charge on any atom is 0.231 e. The molecule has 2 heterocycles. The van der Waals surface area contributed by atoms with Crippen LogP contribution in [0.1, 0.15) is 18.5 Å². The molecule has 1 aromatic heterocycles. The molecule has 0 radical (unpaired) electrons. The van der Waals surface area contributed by atoms with Crippen LogP contribution in [0.3, 0.4) is 0 Å². The van der Waals surface area contributed by atoms with Crippen molar-refractivity contribution in [3.8, 4) is 22.1 Å². The van der Waals surface area contributed by atoms with Crippen LogP contribution < -0.4 is 14.8 Å². The normalized spacial score (nSPS) is 16.6. The predicted octanol–water partition coefficient (Wildman–Crippen LogP) is 3.44. The average molecular weight is 309 g/mol. The first-order chi connectivity index (χ1) is 9.79. The van der Waals surface area contributed by atoms with E-state index in [2.05, 4.69) is 15.7 Å². The van der Waals surface area contributed by atoms with Crippen LogP contribution in [0.5, 0.6) is 11.5 Å². The van der Waals surface area contributed by atoms with Crippen molar-refractivity contribution in [2.75, 3.05) is 6.79 Å². The second kappa shape index (κ2) is 4.91. The summed E-state index contributed by atoms with van der Waals surface area (Å²) in [7, 11) is 0. The number of ether oxygens (including phenoxy) is 2. The van der Waals surface area contributed by atoms with Crippen LogP contribution in [-0.2, 0) is 6.54 Å². The van der Waals surface area contributed by atoms with Crippen molar-refractivity contribution >= 4 is 22.9 Å². The highest BCUT2D eigenvalue weighted by atomic mass is 35.5. The van der Waals surface area contributed by atoms with Gasteiger partial charge in [-0.3, -0.25) is 0 Å². The molecule has 0 amide bonds. The third kappa shape index (κ3) is 2.37. The van der Waals surface area contributed by atoms with Gasteiger partial charge in [-0.1, -0.05) is 11.6 Å². The summed E-state index contributed by atoms with van der Waals surface area (Å²) in [6.07, 6.45) is 2.57. The fourth-order valence-corrected chi connectivity index (χ4v) is 3.22. The molecule has 1 aliphatic carbocycles. The van der Waals surface area contributed by atoms with Crippen LogP contribution in [0.4, 0.5) is 0 Å². The first kappa shape index (κ1) is 12.4. The van der Waals surface area contributed by atoms with Crippen LogP contribution in [0, 0.1) is 0 Å². The Morgan fingerprint density at radius 3 is 3.10 bits per heavy atom. The number of halogens is 1. The Kier molecular flexibility index (Phi) is 3.06. The highest BCUT2D eigenvalue weighted by molar-refractivity contribution is 7.13. The Balaban J connectivity index is 1.58. The fraction of sp³-hybridized carbons (Fsp3) is 0.357. The minimum absolute atomic E-state index is 0.229. The molecule has 1 saturated carbocycles. The molecule has 1 fully saturated rings. The lowest BCUT2D eigenvalue weighted by Gasteiger charge is -2.02. The number of hydrogen-bond acceptors (Lipinski definition) is 5. The van der Waals surface area contributed by atoms with Gasteiger partial charge >= 0.3 is 0 Å². The van der Waals surface area contributed by atoms with Gasteiger partial charge in [0.2, 0.25) is 6.79 Å². The van der Waals surface area contributed by atoms with Crippen LogP contribution in [0.25, 0.3) is 10.6 Å². The first-order valence-corrected chi connectivity index (χ1v) is 7.82. The molecule has 6 heteroatoms. The zero-order valence-electron chi connectivity index (χ0n) is 10.7. The third-order valence-corrected chi connectivity index (χ3v) is 4.60. The van der Waals surface area contributed by atoms with Gasteiger partial charge in [-0.25, -0.2) is 4.98 Å². The van der Waals surface area contributed by atoms with Gasteiger partial charge in [-0.05, 0) is 25.0 Å². The van der Waals surface area contributed by atoms with Gasteiger partial charge in [0.25, 0.3) is 0 Å². The minimum Gasteiger partial charge on any atom is -0.454 e. The van der Waals surface area contributed by atoms with Gasteiger partial charge in [0.1, 0.15) is 5.01 Å². The number of rotatable bonds is 4. The number of aromatic nitrogens is 1. The number of nitrogens with zero attached hydrogens (tertiary/aromatic N) is 1. The Bertz CT molecular complexity index is 655. The average Bonchev–Trinajstić information content (AvgIpc) is 2.96. The molecule has 2 aromatic rings. The molecule has 20 heavy (non-hydrogen) atoms. The van der Waals surface area contributed by atoms with E-state index in [0.717, 1.165) is 22.8 Å². The van der Waals surface area contributed by atoms with Gasteiger partial charge in [-0.15, -0.1) is 11.3 Å². The van der Waals surface area contributed by atoms with Gasteiger partial charge < -0.3 is 14.8 Å². The number of benzene rings is 1. The fourth-order valence-electron chi connectivity index (χ4n) is 2.15. The van der Waals surface area contributed by atoms with Gasteiger partial charge in [-0.2, -0.15) is 0 Å². The third-order valence-electron chi connectivity index (χ3n) is 3.38. The van der Waals surface area contributed by atoms with Crippen LogP contribution in [-0.4, -0.2) is 17.8 Å². The van der Waals surface area contributed by atoms with Crippen molar-refractivity contribution in [2.24, 2.45) is 0 Å². The van der Waals surface area contributed by atoms with Crippen LogP contribution >= 0.6 is 22.9 Å². The summed E-state index contributed by atoms with van der Waals surface area (Å²) in [5.41, 5.74) is 2.05. The molecule has 104 valence electrons. The molecule has 1 aliphatic heterocycles. The second-order valence-electron chi connectivity index (χ2n) is 4.99. The van der Waals surface area contributed by atoms with Crippen LogP contribution in [0.15, 0.2) is 17.5 Å². The summed E-state index contributed by atoms with van der Waals surface area (Å²) in [5, 5.41) is 7.08. The van der Waals surface area contributed by atoms with Crippen molar-refractivity contribution < 1.29 is 9.47 Å². The van der Waals surface area contributed by atoms with E-state index >= 15 is 0 Å². The SMILES string of the molecule is Clc1cc(-c2nc(CNC3CC3)cs2)cc2c1OCO2. The van der Waals surface area contributed by atoms with Gasteiger partial charge in [0.15, 0.2) is 11.5 Å². The van der Waals surface area contributed by atoms with E-state index in [9.17, 15) is 0 Å². The Morgan fingerprint density at radius 2 is 2.25 bits per heavy atom. The summed E-state index contributed by atoms with van der Waals surface area (Å²) in [5.74, 6) is 1.32.